The van der Waals surface area contributed by atoms with Crippen LogP contribution in [0.3, 0.4) is 0 Å². The SMILES string of the molecule is CNC(C)c1csc(C2CSCCS2)n1. The molecule has 0 spiro atoms. The Morgan fingerprint density at radius 1 is 1.53 bits per heavy atom. The van der Waals surface area contributed by atoms with Gasteiger partial charge in [0.1, 0.15) is 5.01 Å². The van der Waals surface area contributed by atoms with Gasteiger partial charge in [0, 0.05) is 28.7 Å². The summed E-state index contributed by atoms with van der Waals surface area (Å²) in [6.07, 6.45) is 0. The van der Waals surface area contributed by atoms with Crippen LogP contribution in [0.25, 0.3) is 0 Å². The monoisotopic (exact) mass is 260 g/mol. The van der Waals surface area contributed by atoms with Gasteiger partial charge in [-0.05, 0) is 14.0 Å². The highest BCUT2D eigenvalue weighted by Crippen LogP contribution is 2.38. The molecule has 1 aromatic rings. The maximum atomic E-state index is 4.73. The molecule has 0 radical (unpaired) electrons. The minimum atomic E-state index is 0.372. The third-order valence-electron chi connectivity index (χ3n) is 2.51. The molecule has 2 nitrogen and oxygen atoms in total. The maximum absolute atomic E-state index is 4.73. The number of rotatable bonds is 3. The summed E-state index contributed by atoms with van der Waals surface area (Å²) < 4.78 is 0. The highest BCUT2D eigenvalue weighted by molar-refractivity contribution is 8.06. The number of aromatic nitrogens is 1. The minimum absolute atomic E-state index is 0.372. The molecule has 2 unspecified atom stereocenters. The fraction of sp³-hybridized carbons (Fsp3) is 0.700. The van der Waals surface area contributed by atoms with E-state index in [-0.39, 0.29) is 0 Å². The molecule has 0 amide bonds. The van der Waals surface area contributed by atoms with Gasteiger partial charge in [-0.15, -0.1) is 23.1 Å². The molecule has 5 heteroatoms. The second-order valence-corrected chi connectivity index (χ2v) is 6.91. The third-order valence-corrected chi connectivity index (χ3v) is 6.40. The van der Waals surface area contributed by atoms with Crippen molar-refractivity contribution in [1.82, 2.24) is 10.3 Å². The Labute approximate surface area is 104 Å². The molecule has 1 saturated heterocycles. The zero-order valence-corrected chi connectivity index (χ0v) is 11.5. The summed E-state index contributed by atoms with van der Waals surface area (Å²) in [5.74, 6) is 3.80. The van der Waals surface area contributed by atoms with Crippen molar-refractivity contribution in [2.75, 3.05) is 24.3 Å². The first-order chi connectivity index (χ1) is 7.31. The van der Waals surface area contributed by atoms with Crippen LogP contribution in [-0.2, 0) is 0 Å². The van der Waals surface area contributed by atoms with Gasteiger partial charge in [0.15, 0.2) is 0 Å². The smallest absolute Gasteiger partial charge is 0.107 e. The van der Waals surface area contributed by atoms with Crippen LogP contribution in [0.2, 0.25) is 0 Å². The molecule has 0 saturated carbocycles. The van der Waals surface area contributed by atoms with E-state index in [1.807, 2.05) is 18.4 Å². The molecular weight excluding hydrogens is 244 g/mol. The predicted octanol–water partition coefficient (Wildman–Crippen LogP) is 2.94. The summed E-state index contributed by atoms with van der Waals surface area (Å²) in [4.78, 5) is 4.73. The Balaban J connectivity index is 2.05. The second-order valence-electron chi connectivity index (χ2n) is 3.56. The Kier molecular flexibility index (Phi) is 4.37. The first-order valence-electron chi connectivity index (χ1n) is 5.13. The van der Waals surface area contributed by atoms with E-state index in [0.717, 1.165) is 0 Å². The Morgan fingerprint density at radius 2 is 2.40 bits per heavy atom. The number of thiazole rings is 1. The number of nitrogens with one attached hydrogen (secondary N) is 1. The standard InChI is InChI=1S/C10H16N2S3/c1-7(11-2)8-5-15-10(12-8)9-6-13-3-4-14-9/h5,7,9,11H,3-4,6H2,1-2H3. The summed E-state index contributed by atoms with van der Waals surface area (Å²) >= 11 is 5.92. The fourth-order valence-electron chi connectivity index (χ4n) is 1.43. The Bertz CT molecular complexity index is 307. The van der Waals surface area contributed by atoms with Crippen molar-refractivity contribution in [3.63, 3.8) is 0 Å². The summed E-state index contributed by atoms with van der Waals surface area (Å²) in [5.41, 5.74) is 1.19. The van der Waals surface area contributed by atoms with Crippen molar-refractivity contribution in [3.05, 3.63) is 16.1 Å². The summed E-state index contributed by atoms with van der Waals surface area (Å²) in [7, 11) is 1.98. The van der Waals surface area contributed by atoms with Gasteiger partial charge in [-0.3, -0.25) is 0 Å². The third kappa shape index (κ3) is 2.90. The van der Waals surface area contributed by atoms with Gasteiger partial charge in [0.05, 0.1) is 10.9 Å². The molecule has 0 bridgehead atoms. The first kappa shape index (κ1) is 11.8. The molecular formula is C10H16N2S3. The van der Waals surface area contributed by atoms with E-state index >= 15 is 0 Å². The topological polar surface area (TPSA) is 24.9 Å². The highest BCUT2D eigenvalue weighted by Gasteiger charge is 2.20. The van der Waals surface area contributed by atoms with Crippen molar-refractivity contribution in [2.45, 2.75) is 18.2 Å². The van der Waals surface area contributed by atoms with E-state index in [0.29, 0.717) is 11.3 Å². The second kappa shape index (κ2) is 5.57. The van der Waals surface area contributed by atoms with Crippen LogP contribution in [0.4, 0.5) is 0 Å². The van der Waals surface area contributed by atoms with Gasteiger partial charge in [-0.2, -0.15) is 11.8 Å². The number of thioether (sulfide) groups is 2. The predicted molar refractivity (Wildman–Crippen MR) is 72.1 cm³/mol. The van der Waals surface area contributed by atoms with Gasteiger partial charge < -0.3 is 5.32 Å². The van der Waals surface area contributed by atoms with E-state index in [1.165, 1.54) is 28.0 Å². The average Bonchev–Trinajstić information content (AvgIpc) is 2.78. The summed E-state index contributed by atoms with van der Waals surface area (Å²) in [6, 6.07) is 0.372. The van der Waals surface area contributed by atoms with Crippen LogP contribution in [0.15, 0.2) is 5.38 Å². The molecule has 1 aliphatic rings. The number of hydrogen-bond donors (Lipinski definition) is 1. The van der Waals surface area contributed by atoms with Crippen molar-refractivity contribution < 1.29 is 0 Å². The lowest BCUT2D eigenvalue weighted by Gasteiger charge is -2.18. The van der Waals surface area contributed by atoms with E-state index in [1.54, 1.807) is 0 Å². The largest absolute Gasteiger partial charge is 0.312 e. The van der Waals surface area contributed by atoms with Crippen LogP contribution in [0.1, 0.15) is 28.9 Å². The van der Waals surface area contributed by atoms with Crippen molar-refractivity contribution in [1.29, 1.82) is 0 Å². The first-order valence-corrected chi connectivity index (χ1v) is 8.21. The number of hydrogen-bond acceptors (Lipinski definition) is 5. The molecule has 1 aliphatic heterocycles. The molecule has 2 heterocycles. The quantitative estimate of drug-likeness (QED) is 0.903. The van der Waals surface area contributed by atoms with Crippen LogP contribution in [-0.4, -0.2) is 29.3 Å². The van der Waals surface area contributed by atoms with E-state index in [2.05, 4.69) is 41.1 Å². The zero-order chi connectivity index (χ0) is 10.7. The van der Waals surface area contributed by atoms with E-state index < -0.39 is 0 Å². The molecule has 84 valence electrons. The fourth-order valence-corrected chi connectivity index (χ4v) is 5.34. The van der Waals surface area contributed by atoms with Gasteiger partial charge >= 0.3 is 0 Å². The molecule has 2 atom stereocenters. The molecule has 1 aromatic heterocycles. The van der Waals surface area contributed by atoms with Crippen LogP contribution < -0.4 is 5.32 Å². The molecule has 0 aromatic carbocycles. The molecule has 1 N–H and O–H groups in total. The molecule has 0 aliphatic carbocycles. The Morgan fingerprint density at radius 3 is 3.07 bits per heavy atom. The van der Waals surface area contributed by atoms with Gasteiger partial charge in [-0.25, -0.2) is 4.98 Å². The van der Waals surface area contributed by atoms with E-state index in [9.17, 15) is 0 Å². The number of nitrogens with zero attached hydrogens (tertiary/aromatic N) is 1. The highest BCUT2D eigenvalue weighted by atomic mass is 32.2. The van der Waals surface area contributed by atoms with Crippen LogP contribution in [0, 0.1) is 0 Å². The summed E-state index contributed by atoms with van der Waals surface area (Å²) in [6.45, 7) is 2.15. The van der Waals surface area contributed by atoms with Gasteiger partial charge in [0.25, 0.3) is 0 Å². The van der Waals surface area contributed by atoms with Crippen molar-refractivity contribution >= 4 is 34.9 Å². The van der Waals surface area contributed by atoms with Gasteiger partial charge in [-0.1, -0.05) is 0 Å². The Hall–Kier alpha value is 0.290. The lowest BCUT2D eigenvalue weighted by molar-refractivity contribution is 0.634. The lowest BCUT2D eigenvalue weighted by Crippen LogP contribution is -2.13. The van der Waals surface area contributed by atoms with Crippen molar-refractivity contribution in [2.24, 2.45) is 0 Å². The van der Waals surface area contributed by atoms with E-state index in [4.69, 9.17) is 4.98 Å². The van der Waals surface area contributed by atoms with Crippen LogP contribution >= 0.6 is 34.9 Å². The lowest BCUT2D eigenvalue weighted by atomic mass is 10.3. The van der Waals surface area contributed by atoms with Crippen LogP contribution in [0.5, 0.6) is 0 Å². The molecule has 1 fully saturated rings. The average molecular weight is 260 g/mol. The molecule has 15 heavy (non-hydrogen) atoms. The van der Waals surface area contributed by atoms with Crippen molar-refractivity contribution in [3.8, 4) is 0 Å². The maximum Gasteiger partial charge on any atom is 0.107 e. The summed E-state index contributed by atoms with van der Waals surface area (Å²) in [5, 5.41) is 7.36. The minimum Gasteiger partial charge on any atom is -0.312 e. The normalized spacial score (nSPS) is 24.0. The molecule has 2 rings (SSSR count). The zero-order valence-electron chi connectivity index (χ0n) is 9.03. The van der Waals surface area contributed by atoms with Gasteiger partial charge in [0.2, 0.25) is 0 Å².